The second-order valence-electron chi connectivity index (χ2n) is 3.56. The molecule has 0 fully saturated rings. The van der Waals surface area contributed by atoms with Crippen LogP contribution in [0.4, 0.5) is 0 Å². The molecule has 1 aromatic rings. The topological polar surface area (TPSA) is 74.6 Å². The van der Waals surface area contributed by atoms with E-state index in [0.29, 0.717) is 18.4 Å². The molecule has 0 amide bonds. The molecule has 2 N–H and O–H groups in total. The summed E-state index contributed by atoms with van der Waals surface area (Å²) in [6.45, 7) is 0. The van der Waals surface area contributed by atoms with Gasteiger partial charge in [-0.15, -0.1) is 11.8 Å². The zero-order valence-corrected chi connectivity index (χ0v) is 10.2. The van der Waals surface area contributed by atoms with Crippen LogP contribution in [-0.2, 0) is 16.0 Å². The van der Waals surface area contributed by atoms with Crippen LogP contribution in [0, 0.1) is 0 Å². The van der Waals surface area contributed by atoms with Gasteiger partial charge in [-0.25, -0.2) is 4.79 Å². The van der Waals surface area contributed by atoms with Crippen molar-refractivity contribution in [3.63, 3.8) is 0 Å². The first-order valence-corrected chi connectivity index (χ1v) is 6.33. The summed E-state index contributed by atoms with van der Waals surface area (Å²) in [7, 11) is 0. The van der Waals surface area contributed by atoms with Crippen LogP contribution in [-0.4, -0.2) is 28.7 Å². The highest BCUT2D eigenvalue weighted by molar-refractivity contribution is 7.98. The fourth-order valence-electron chi connectivity index (χ4n) is 1.47. The standard InChI is InChI=1S/C12H14O4S/c1-17-10-6-8(3-2-4-13)5-9(7-10)11(14)12(15)16/h4-7,11,14H,2-3H2,1H3,(H,15,16). The maximum Gasteiger partial charge on any atom is 0.337 e. The van der Waals surface area contributed by atoms with Gasteiger partial charge in [0.25, 0.3) is 0 Å². The molecule has 0 spiro atoms. The molecule has 1 rings (SSSR count). The van der Waals surface area contributed by atoms with Gasteiger partial charge in [0.15, 0.2) is 6.10 Å². The van der Waals surface area contributed by atoms with Gasteiger partial charge in [-0.2, -0.15) is 0 Å². The number of hydrogen-bond donors (Lipinski definition) is 2. The van der Waals surface area contributed by atoms with Crippen LogP contribution in [0.3, 0.4) is 0 Å². The smallest absolute Gasteiger partial charge is 0.337 e. The first-order chi connectivity index (χ1) is 8.08. The minimum Gasteiger partial charge on any atom is -0.479 e. The molecule has 0 aromatic heterocycles. The number of carboxylic acids is 1. The van der Waals surface area contributed by atoms with Crippen molar-refractivity contribution in [3.8, 4) is 0 Å². The lowest BCUT2D eigenvalue weighted by atomic mass is 10.0. The summed E-state index contributed by atoms with van der Waals surface area (Å²) >= 11 is 1.47. The number of benzene rings is 1. The molecular formula is C12H14O4S. The number of carboxylic acid groups (broad SMARTS) is 1. The molecular weight excluding hydrogens is 240 g/mol. The van der Waals surface area contributed by atoms with E-state index in [4.69, 9.17) is 5.11 Å². The van der Waals surface area contributed by atoms with Crippen LogP contribution in [0.2, 0.25) is 0 Å². The summed E-state index contributed by atoms with van der Waals surface area (Å²) < 4.78 is 0. The monoisotopic (exact) mass is 254 g/mol. The summed E-state index contributed by atoms with van der Waals surface area (Å²) in [5.41, 5.74) is 1.21. The third-order valence-corrected chi connectivity index (χ3v) is 3.03. The van der Waals surface area contributed by atoms with Crippen molar-refractivity contribution in [2.24, 2.45) is 0 Å². The van der Waals surface area contributed by atoms with Gasteiger partial charge < -0.3 is 15.0 Å². The Balaban J connectivity index is 3.04. The third-order valence-electron chi connectivity index (χ3n) is 2.32. The maximum atomic E-state index is 10.7. The molecule has 0 radical (unpaired) electrons. The first kappa shape index (κ1) is 13.7. The largest absolute Gasteiger partial charge is 0.479 e. The van der Waals surface area contributed by atoms with Gasteiger partial charge in [0.2, 0.25) is 0 Å². The number of carbonyl (C=O) groups is 2. The van der Waals surface area contributed by atoms with E-state index in [0.717, 1.165) is 16.7 Å². The number of hydrogen-bond acceptors (Lipinski definition) is 4. The third kappa shape index (κ3) is 3.87. The predicted octanol–water partition coefficient (Wildman–Crippen LogP) is 1.66. The van der Waals surface area contributed by atoms with Gasteiger partial charge in [0.1, 0.15) is 6.29 Å². The van der Waals surface area contributed by atoms with E-state index in [9.17, 15) is 14.7 Å². The summed E-state index contributed by atoms with van der Waals surface area (Å²) in [4.78, 5) is 21.9. The van der Waals surface area contributed by atoms with Gasteiger partial charge in [-0.05, 0) is 35.9 Å². The van der Waals surface area contributed by atoms with Crippen molar-refractivity contribution in [2.45, 2.75) is 23.8 Å². The van der Waals surface area contributed by atoms with Crippen molar-refractivity contribution in [2.75, 3.05) is 6.26 Å². The van der Waals surface area contributed by atoms with Gasteiger partial charge in [-0.1, -0.05) is 6.07 Å². The summed E-state index contributed by atoms with van der Waals surface area (Å²) in [6, 6.07) is 5.17. The van der Waals surface area contributed by atoms with Crippen molar-refractivity contribution < 1.29 is 19.8 Å². The van der Waals surface area contributed by atoms with Crippen molar-refractivity contribution >= 4 is 24.0 Å². The highest BCUT2D eigenvalue weighted by Gasteiger charge is 2.17. The van der Waals surface area contributed by atoms with Crippen molar-refractivity contribution in [1.29, 1.82) is 0 Å². The molecule has 0 saturated carbocycles. The lowest BCUT2D eigenvalue weighted by Crippen LogP contribution is -2.11. The van der Waals surface area contributed by atoms with Gasteiger partial charge in [0, 0.05) is 11.3 Å². The normalized spacial score (nSPS) is 12.1. The van der Waals surface area contributed by atoms with E-state index >= 15 is 0 Å². The van der Waals surface area contributed by atoms with Crippen LogP contribution in [0.15, 0.2) is 23.1 Å². The fraction of sp³-hybridized carbons (Fsp3) is 0.333. The van der Waals surface area contributed by atoms with E-state index in [-0.39, 0.29) is 0 Å². The van der Waals surface area contributed by atoms with Crippen LogP contribution in [0.1, 0.15) is 23.7 Å². The quantitative estimate of drug-likeness (QED) is 0.596. The number of aliphatic hydroxyl groups excluding tert-OH is 1. The van der Waals surface area contributed by atoms with Crippen molar-refractivity contribution in [3.05, 3.63) is 29.3 Å². The highest BCUT2D eigenvalue weighted by atomic mass is 32.2. The Hall–Kier alpha value is -1.33. The van der Waals surface area contributed by atoms with Crippen LogP contribution in [0.25, 0.3) is 0 Å². The number of thioether (sulfide) groups is 1. The zero-order valence-electron chi connectivity index (χ0n) is 9.42. The summed E-state index contributed by atoms with van der Waals surface area (Å²) in [5.74, 6) is -1.27. The molecule has 0 bridgehead atoms. The number of aryl methyl sites for hydroxylation is 1. The fourth-order valence-corrected chi connectivity index (χ4v) is 2.00. The Kier molecular flexibility index (Phi) is 5.18. The Morgan fingerprint density at radius 2 is 2.18 bits per heavy atom. The Labute approximate surface area is 104 Å². The number of rotatable bonds is 6. The van der Waals surface area contributed by atoms with E-state index in [2.05, 4.69) is 0 Å². The number of aliphatic hydroxyl groups is 1. The first-order valence-electron chi connectivity index (χ1n) is 5.11. The Morgan fingerprint density at radius 1 is 1.47 bits per heavy atom. The molecule has 1 aromatic carbocycles. The molecule has 92 valence electrons. The molecule has 1 unspecified atom stereocenters. The van der Waals surface area contributed by atoms with Crippen LogP contribution < -0.4 is 0 Å². The van der Waals surface area contributed by atoms with Gasteiger partial charge in [0.05, 0.1) is 0 Å². The maximum absolute atomic E-state index is 10.7. The molecule has 1 atom stereocenters. The van der Waals surface area contributed by atoms with Crippen LogP contribution >= 0.6 is 11.8 Å². The van der Waals surface area contributed by atoms with Gasteiger partial charge >= 0.3 is 5.97 Å². The molecule has 0 aliphatic rings. The highest BCUT2D eigenvalue weighted by Crippen LogP contribution is 2.24. The second-order valence-corrected chi connectivity index (χ2v) is 4.44. The number of carbonyl (C=O) groups excluding carboxylic acids is 1. The summed E-state index contributed by atoms with van der Waals surface area (Å²) in [5, 5.41) is 18.2. The van der Waals surface area contributed by atoms with Crippen molar-refractivity contribution in [1.82, 2.24) is 0 Å². The molecule has 0 aliphatic carbocycles. The molecule has 4 nitrogen and oxygen atoms in total. The Morgan fingerprint density at radius 3 is 2.71 bits per heavy atom. The lowest BCUT2D eigenvalue weighted by Gasteiger charge is -2.10. The van der Waals surface area contributed by atoms with Gasteiger partial charge in [-0.3, -0.25) is 0 Å². The molecule has 17 heavy (non-hydrogen) atoms. The number of aldehydes is 1. The van der Waals surface area contributed by atoms with Crippen LogP contribution in [0.5, 0.6) is 0 Å². The second kappa shape index (κ2) is 6.42. The zero-order chi connectivity index (χ0) is 12.8. The Bertz CT molecular complexity index is 417. The number of aliphatic carboxylic acids is 1. The summed E-state index contributed by atoms with van der Waals surface area (Å²) in [6.07, 6.45) is 2.11. The predicted molar refractivity (Wildman–Crippen MR) is 65.2 cm³/mol. The SMILES string of the molecule is CSc1cc(CCC=O)cc(C(O)C(=O)O)c1. The average molecular weight is 254 g/mol. The minimum absolute atomic E-state index is 0.352. The van der Waals surface area contributed by atoms with E-state index in [1.807, 2.05) is 12.3 Å². The minimum atomic E-state index is -1.52. The molecule has 5 heteroatoms. The lowest BCUT2D eigenvalue weighted by molar-refractivity contribution is -0.147. The molecule has 0 heterocycles. The molecule has 0 aliphatic heterocycles. The molecule has 0 saturated heterocycles. The average Bonchev–Trinajstić information content (AvgIpc) is 2.34. The van der Waals surface area contributed by atoms with E-state index < -0.39 is 12.1 Å². The van der Waals surface area contributed by atoms with E-state index in [1.54, 1.807) is 12.1 Å². The van der Waals surface area contributed by atoms with E-state index in [1.165, 1.54) is 11.8 Å².